The van der Waals surface area contributed by atoms with Crippen molar-refractivity contribution in [1.82, 2.24) is 4.98 Å². The van der Waals surface area contributed by atoms with Crippen LogP contribution in [0, 0.1) is 0 Å². The zero-order valence-corrected chi connectivity index (χ0v) is 15.4. The van der Waals surface area contributed by atoms with Crippen LogP contribution in [0.4, 0.5) is 5.69 Å². The molecule has 6 heteroatoms. The van der Waals surface area contributed by atoms with Crippen LogP contribution in [0.25, 0.3) is 10.9 Å². The molecular weight excluding hydrogens is 346 g/mol. The highest BCUT2D eigenvalue weighted by Crippen LogP contribution is 2.45. The highest BCUT2D eigenvalue weighted by molar-refractivity contribution is 6.54. The molecule has 0 amide bonds. The second-order valence-electron chi connectivity index (χ2n) is 6.62. The second kappa shape index (κ2) is 7.18. The predicted molar refractivity (Wildman–Crippen MR) is 107 cm³/mol. The molecule has 4 rings (SSSR count). The number of anilines is 1. The van der Waals surface area contributed by atoms with E-state index in [1.165, 1.54) is 0 Å². The molecular formula is C20H20BClN2O2. The van der Waals surface area contributed by atoms with Crippen LogP contribution >= 0.6 is 11.6 Å². The molecule has 1 atom stereocenters. The third kappa shape index (κ3) is 3.02. The van der Waals surface area contributed by atoms with E-state index in [4.69, 9.17) is 16.3 Å². The Hall–Kier alpha value is -2.24. The first-order chi connectivity index (χ1) is 12.7. The van der Waals surface area contributed by atoms with Crippen molar-refractivity contribution in [2.24, 2.45) is 0 Å². The minimum atomic E-state index is -0.585. The number of nitrogens with zero attached hydrogens (tertiary/aromatic N) is 2. The van der Waals surface area contributed by atoms with E-state index in [0.717, 1.165) is 33.5 Å². The minimum Gasteiger partial charge on any atom is -0.487 e. The van der Waals surface area contributed by atoms with Crippen LogP contribution in [0.5, 0.6) is 5.75 Å². The third-order valence-electron chi connectivity index (χ3n) is 4.88. The Morgan fingerprint density at radius 2 is 2.08 bits per heavy atom. The van der Waals surface area contributed by atoms with Gasteiger partial charge in [0.25, 0.3) is 0 Å². The number of rotatable bonds is 5. The SMILES string of the molecule is CB(O)N1CC(CCl)c2c1cc(OCc1ccccc1)c1ncccc21. The number of ether oxygens (including phenoxy) is 1. The summed E-state index contributed by atoms with van der Waals surface area (Å²) in [5.74, 6) is 1.39. The van der Waals surface area contributed by atoms with Gasteiger partial charge in [0.1, 0.15) is 17.9 Å². The number of alkyl halides is 1. The van der Waals surface area contributed by atoms with E-state index in [-0.39, 0.29) is 5.92 Å². The maximum Gasteiger partial charge on any atom is 0.409 e. The maximum absolute atomic E-state index is 10.2. The Labute approximate surface area is 158 Å². The number of benzene rings is 2. The Balaban J connectivity index is 1.80. The number of hydrogen-bond donors (Lipinski definition) is 1. The lowest BCUT2D eigenvalue weighted by molar-refractivity contribution is 0.309. The highest BCUT2D eigenvalue weighted by atomic mass is 35.5. The fourth-order valence-electron chi connectivity index (χ4n) is 3.65. The van der Waals surface area contributed by atoms with Crippen molar-refractivity contribution >= 4 is 35.2 Å². The molecule has 0 saturated heterocycles. The van der Waals surface area contributed by atoms with Gasteiger partial charge in [0, 0.05) is 41.7 Å². The van der Waals surface area contributed by atoms with Crippen LogP contribution in [0.3, 0.4) is 0 Å². The summed E-state index contributed by atoms with van der Waals surface area (Å²) in [6.45, 7) is 2.94. The molecule has 0 radical (unpaired) electrons. The van der Waals surface area contributed by atoms with Crippen LogP contribution in [-0.2, 0) is 6.61 Å². The monoisotopic (exact) mass is 366 g/mol. The van der Waals surface area contributed by atoms with Gasteiger partial charge in [0.2, 0.25) is 0 Å². The van der Waals surface area contributed by atoms with E-state index >= 15 is 0 Å². The lowest BCUT2D eigenvalue weighted by Gasteiger charge is -2.21. The van der Waals surface area contributed by atoms with E-state index in [1.54, 1.807) is 13.0 Å². The van der Waals surface area contributed by atoms with Gasteiger partial charge in [-0.15, -0.1) is 11.6 Å². The van der Waals surface area contributed by atoms with Crippen molar-refractivity contribution in [2.45, 2.75) is 19.3 Å². The van der Waals surface area contributed by atoms with E-state index in [2.05, 4.69) is 11.1 Å². The van der Waals surface area contributed by atoms with E-state index in [1.807, 2.05) is 47.3 Å². The normalized spacial score (nSPS) is 16.0. The Bertz CT molecular complexity index is 920. The summed E-state index contributed by atoms with van der Waals surface area (Å²) in [6.07, 6.45) is 1.78. The molecule has 0 aliphatic carbocycles. The van der Waals surface area contributed by atoms with Crippen LogP contribution in [0.15, 0.2) is 54.7 Å². The molecule has 1 unspecified atom stereocenters. The quantitative estimate of drug-likeness (QED) is 0.546. The third-order valence-corrected chi connectivity index (χ3v) is 5.26. The average molecular weight is 367 g/mol. The summed E-state index contributed by atoms with van der Waals surface area (Å²) in [6, 6.07) is 16.0. The van der Waals surface area contributed by atoms with Crippen molar-refractivity contribution in [3.05, 3.63) is 65.9 Å². The highest BCUT2D eigenvalue weighted by Gasteiger charge is 2.34. The molecule has 1 aromatic heterocycles. The van der Waals surface area contributed by atoms with Gasteiger partial charge < -0.3 is 14.6 Å². The van der Waals surface area contributed by atoms with Crippen molar-refractivity contribution < 1.29 is 9.76 Å². The van der Waals surface area contributed by atoms with E-state index < -0.39 is 7.05 Å². The number of hydrogen-bond acceptors (Lipinski definition) is 4. The molecule has 1 aliphatic heterocycles. The summed E-state index contributed by atoms with van der Waals surface area (Å²) in [7, 11) is -0.585. The molecule has 132 valence electrons. The molecule has 26 heavy (non-hydrogen) atoms. The first-order valence-electron chi connectivity index (χ1n) is 8.78. The van der Waals surface area contributed by atoms with Gasteiger partial charge in [-0.1, -0.05) is 36.4 Å². The zero-order chi connectivity index (χ0) is 18.1. The summed E-state index contributed by atoms with van der Waals surface area (Å²) < 4.78 is 6.12. The molecule has 2 heterocycles. The Morgan fingerprint density at radius 1 is 1.27 bits per heavy atom. The van der Waals surface area contributed by atoms with Crippen LogP contribution in [-0.4, -0.2) is 29.5 Å². The predicted octanol–water partition coefficient (Wildman–Crippen LogP) is 4.07. The first kappa shape index (κ1) is 17.2. The summed E-state index contributed by atoms with van der Waals surface area (Å²) in [5.41, 5.74) is 4.07. The maximum atomic E-state index is 10.2. The Morgan fingerprint density at radius 3 is 2.81 bits per heavy atom. The molecule has 0 fully saturated rings. The lowest BCUT2D eigenvalue weighted by Crippen LogP contribution is -2.36. The molecule has 2 aromatic carbocycles. The molecule has 1 aliphatic rings. The van der Waals surface area contributed by atoms with Gasteiger partial charge in [0.05, 0.1) is 0 Å². The molecule has 0 bridgehead atoms. The standard InChI is InChI=1S/C20H20BClN2O2/c1-21(25)24-12-15(11-22)19-16-8-5-9-23-20(16)18(10-17(19)24)26-13-14-6-3-2-4-7-14/h2-10,15,25H,11-13H2,1H3. The number of pyridine rings is 1. The minimum absolute atomic E-state index is 0.163. The Kier molecular flexibility index (Phi) is 4.75. The topological polar surface area (TPSA) is 45.6 Å². The summed E-state index contributed by atoms with van der Waals surface area (Å²) >= 11 is 6.23. The average Bonchev–Trinajstić information content (AvgIpc) is 3.06. The van der Waals surface area contributed by atoms with Crippen LogP contribution in [0.1, 0.15) is 17.0 Å². The summed E-state index contributed by atoms with van der Waals surface area (Å²) in [4.78, 5) is 6.54. The lowest BCUT2D eigenvalue weighted by atomic mass is 9.85. The molecule has 4 nitrogen and oxygen atoms in total. The molecule has 0 spiro atoms. The van der Waals surface area contributed by atoms with Crippen molar-refractivity contribution in [3.63, 3.8) is 0 Å². The van der Waals surface area contributed by atoms with E-state index in [9.17, 15) is 5.02 Å². The van der Waals surface area contributed by atoms with Gasteiger partial charge in [-0.2, -0.15) is 0 Å². The van der Waals surface area contributed by atoms with Crippen molar-refractivity contribution in [1.29, 1.82) is 0 Å². The van der Waals surface area contributed by atoms with Gasteiger partial charge in [-0.05, 0) is 24.0 Å². The fourth-order valence-corrected chi connectivity index (χ4v) is 3.90. The van der Waals surface area contributed by atoms with Gasteiger partial charge in [-0.3, -0.25) is 4.98 Å². The van der Waals surface area contributed by atoms with Crippen molar-refractivity contribution in [2.75, 3.05) is 17.2 Å². The fraction of sp³-hybridized carbons (Fsp3) is 0.250. The first-order valence-corrected chi connectivity index (χ1v) is 9.31. The largest absolute Gasteiger partial charge is 0.487 e. The zero-order valence-electron chi connectivity index (χ0n) is 14.6. The van der Waals surface area contributed by atoms with Crippen LogP contribution < -0.4 is 9.55 Å². The molecule has 1 N–H and O–H groups in total. The van der Waals surface area contributed by atoms with E-state index in [0.29, 0.717) is 19.0 Å². The van der Waals surface area contributed by atoms with Gasteiger partial charge in [-0.25, -0.2) is 0 Å². The second-order valence-corrected chi connectivity index (χ2v) is 6.93. The van der Waals surface area contributed by atoms with Crippen LogP contribution in [0.2, 0.25) is 6.82 Å². The number of halogens is 1. The molecule has 0 saturated carbocycles. The molecule has 3 aromatic rings. The van der Waals surface area contributed by atoms with Gasteiger partial charge in [0.15, 0.2) is 0 Å². The van der Waals surface area contributed by atoms with Gasteiger partial charge >= 0.3 is 7.05 Å². The number of fused-ring (bicyclic) bond motifs is 3. The smallest absolute Gasteiger partial charge is 0.409 e. The summed E-state index contributed by atoms with van der Waals surface area (Å²) in [5, 5.41) is 11.3. The van der Waals surface area contributed by atoms with Crippen molar-refractivity contribution in [3.8, 4) is 5.75 Å². The number of aromatic nitrogens is 1.